The van der Waals surface area contributed by atoms with E-state index in [1.54, 1.807) is 22.6 Å². The van der Waals surface area contributed by atoms with Gasteiger partial charge in [-0.05, 0) is 22.6 Å². The number of ether oxygens (including phenoxy) is 1. The number of halogens is 2. The van der Waals surface area contributed by atoms with Gasteiger partial charge in [0.2, 0.25) is 0 Å². The lowest BCUT2D eigenvalue weighted by molar-refractivity contribution is -0.0484. The summed E-state index contributed by atoms with van der Waals surface area (Å²) in [4.78, 5) is 42.1. The number of nitrogens with one attached hydrogen (secondary N) is 1. The number of hydrogen-bond donors (Lipinski definition) is 4. The van der Waals surface area contributed by atoms with Gasteiger partial charge >= 0.3 is 13.5 Å². The average molecular weight is 452 g/mol. The number of hydrogen-bond acceptors (Lipinski definition) is 6. The van der Waals surface area contributed by atoms with Gasteiger partial charge in [0.1, 0.15) is 12.2 Å². The minimum Gasteiger partial charge on any atom is -0.387 e. The molecule has 0 bridgehead atoms. The molecular formula is C9H11FIN2O8P. The van der Waals surface area contributed by atoms with Crippen molar-refractivity contribution in [3.05, 3.63) is 30.6 Å². The Morgan fingerprint density at radius 1 is 1.50 bits per heavy atom. The molecule has 0 radical (unpaired) electrons. The van der Waals surface area contributed by atoms with Gasteiger partial charge in [-0.2, -0.15) is 0 Å². The third kappa shape index (κ3) is 3.82. The summed E-state index contributed by atoms with van der Waals surface area (Å²) in [6.45, 7) is -0.766. The van der Waals surface area contributed by atoms with E-state index in [2.05, 4.69) is 4.52 Å². The van der Waals surface area contributed by atoms with Crippen molar-refractivity contribution in [3.63, 3.8) is 0 Å². The lowest BCUT2D eigenvalue weighted by atomic mass is 10.1. The molecule has 0 unspecified atom stereocenters. The van der Waals surface area contributed by atoms with Crippen LogP contribution in [-0.2, 0) is 13.8 Å². The monoisotopic (exact) mass is 452 g/mol. The normalized spacial score (nSPS) is 29.0. The quantitative estimate of drug-likeness (QED) is 0.330. The molecule has 4 N–H and O–H groups in total. The van der Waals surface area contributed by atoms with Crippen molar-refractivity contribution in [2.75, 3.05) is 6.61 Å². The molecule has 0 aromatic carbocycles. The van der Waals surface area contributed by atoms with E-state index in [4.69, 9.17) is 14.5 Å². The molecule has 0 aliphatic carbocycles. The van der Waals surface area contributed by atoms with Gasteiger partial charge in [0.15, 0.2) is 12.4 Å². The van der Waals surface area contributed by atoms with E-state index in [0.29, 0.717) is 0 Å². The maximum absolute atomic E-state index is 14.1. The standard InChI is InChI=1S/C9H11FIN2O8P/c10-5-6(14)4(2-20-22(17,18)19)21-8(5)13-1-3(11)7(15)12-9(13)16/h1,4-6,8,14H,2H2,(H,12,15,16)(H2,17,18,19)/t4-,5+,6-,8-/m1/s1. The van der Waals surface area contributed by atoms with E-state index in [-0.39, 0.29) is 3.57 Å². The second-order valence-electron chi connectivity index (χ2n) is 4.43. The topological polar surface area (TPSA) is 151 Å². The Morgan fingerprint density at radius 2 is 2.14 bits per heavy atom. The van der Waals surface area contributed by atoms with Gasteiger partial charge in [-0.1, -0.05) is 0 Å². The molecule has 10 nitrogen and oxygen atoms in total. The molecule has 1 aliphatic heterocycles. The van der Waals surface area contributed by atoms with Gasteiger partial charge in [-0.15, -0.1) is 0 Å². The van der Waals surface area contributed by atoms with Gasteiger partial charge in [0.05, 0.1) is 10.2 Å². The minimum atomic E-state index is -4.81. The first-order valence-corrected chi connectivity index (χ1v) is 8.39. The second-order valence-corrected chi connectivity index (χ2v) is 6.83. The van der Waals surface area contributed by atoms with Gasteiger partial charge in [-0.25, -0.2) is 13.8 Å². The third-order valence-electron chi connectivity index (χ3n) is 2.90. The number of alkyl halides is 1. The highest BCUT2D eigenvalue weighted by Gasteiger charge is 2.46. The van der Waals surface area contributed by atoms with Crippen LogP contribution in [0.25, 0.3) is 0 Å². The average Bonchev–Trinajstić information content (AvgIpc) is 2.68. The van der Waals surface area contributed by atoms with Gasteiger partial charge in [0.25, 0.3) is 5.56 Å². The van der Waals surface area contributed by atoms with Crippen molar-refractivity contribution in [3.8, 4) is 0 Å². The van der Waals surface area contributed by atoms with Gasteiger partial charge in [-0.3, -0.25) is 18.9 Å². The van der Waals surface area contributed by atoms with Crippen molar-refractivity contribution in [2.24, 2.45) is 0 Å². The van der Waals surface area contributed by atoms with E-state index in [1.807, 2.05) is 4.98 Å². The summed E-state index contributed by atoms with van der Waals surface area (Å²) in [5, 5.41) is 9.68. The number of rotatable bonds is 4. The fraction of sp³-hybridized carbons (Fsp3) is 0.556. The number of phosphoric ester groups is 1. The van der Waals surface area contributed by atoms with Crippen molar-refractivity contribution in [1.29, 1.82) is 0 Å². The molecule has 1 saturated heterocycles. The van der Waals surface area contributed by atoms with E-state index < -0.39 is 50.3 Å². The molecular weight excluding hydrogens is 441 g/mol. The van der Waals surface area contributed by atoms with Crippen LogP contribution in [0.3, 0.4) is 0 Å². The van der Waals surface area contributed by atoms with Crippen LogP contribution in [0.15, 0.2) is 15.8 Å². The van der Waals surface area contributed by atoms with Gasteiger partial charge in [0, 0.05) is 6.20 Å². The van der Waals surface area contributed by atoms with Crippen molar-refractivity contribution < 1.29 is 33.1 Å². The maximum Gasteiger partial charge on any atom is 0.469 e. The fourth-order valence-corrected chi connectivity index (χ4v) is 2.66. The summed E-state index contributed by atoms with van der Waals surface area (Å²) < 4.78 is 34.8. The summed E-state index contributed by atoms with van der Waals surface area (Å²) in [6.07, 6.45) is -5.70. The highest BCUT2D eigenvalue weighted by Crippen LogP contribution is 2.38. The molecule has 22 heavy (non-hydrogen) atoms. The molecule has 2 heterocycles. The molecule has 1 fully saturated rings. The molecule has 0 amide bonds. The predicted molar refractivity (Wildman–Crippen MR) is 76.8 cm³/mol. The van der Waals surface area contributed by atoms with Crippen LogP contribution in [-0.4, -0.2) is 49.4 Å². The lowest BCUT2D eigenvalue weighted by Gasteiger charge is -2.16. The zero-order valence-corrected chi connectivity index (χ0v) is 13.7. The Hall–Kier alpha value is -0.630. The Kier molecular flexibility index (Phi) is 5.21. The van der Waals surface area contributed by atoms with Crippen LogP contribution in [0.4, 0.5) is 4.39 Å². The SMILES string of the molecule is O=c1[nH]c(=O)n([C@@H]2O[C@H](COP(=O)(O)O)[C@@H](O)[C@@H]2F)cc1I. The third-order valence-corrected chi connectivity index (χ3v) is 4.15. The molecule has 1 aromatic rings. The number of aliphatic hydroxyl groups excluding tert-OH is 1. The zero-order valence-electron chi connectivity index (χ0n) is 10.6. The van der Waals surface area contributed by atoms with Crippen LogP contribution in [0, 0.1) is 3.57 Å². The molecule has 0 saturated carbocycles. The van der Waals surface area contributed by atoms with Gasteiger partial charge < -0.3 is 19.6 Å². The Bertz CT molecular complexity index is 716. The number of nitrogens with zero attached hydrogens (tertiary/aromatic N) is 1. The number of aliphatic hydroxyl groups is 1. The lowest BCUT2D eigenvalue weighted by Crippen LogP contribution is -2.37. The number of phosphoric acid groups is 1. The highest BCUT2D eigenvalue weighted by molar-refractivity contribution is 14.1. The molecule has 13 heteroatoms. The Balaban J connectivity index is 2.23. The second kappa shape index (κ2) is 6.47. The van der Waals surface area contributed by atoms with Crippen LogP contribution in [0.5, 0.6) is 0 Å². The van der Waals surface area contributed by atoms with E-state index in [0.717, 1.165) is 10.8 Å². The van der Waals surface area contributed by atoms with Crippen LogP contribution in [0.1, 0.15) is 6.23 Å². The summed E-state index contributed by atoms with van der Waals surface area (Å²) in [5.41, 5.74) is -1.60. The molecule has 124 valence electrons. The summed E-state index contributed by atoms with van der Waals surface area (Å²) in [7, 11) is -4.81. The van der Waals surface area contributed by atoms with Crippen LogP contribution in [0.2, 0.25) is 0 Å². The van der Waals surface area contributed by atoms with E-state index in [9.17, 15) is 23.7 Å². The number of H-pyrrole nitrogens is 1. The van der Waals surface area contributed by atoms with E-state index >= 15 is 0 Å². The molecule has 4 atom stereocenters. The maximum atomic E-state index is 14.1. The minimum absolute atomic E-state index is 0.0948. The summed E-state index contributed by atoms with van der Waals surface area (Å²) >= 11 is 1.63. The number of aromatic nitrogens is 2. The molecule has 1 aromatic heterocycles. The van der Waals surface area contributed by atoms with Crippen molar-refractivity contribution in [2.45, 2.75) is 24.6 Å². The summed E-state index contributed by atoms with van der Waals surface area (Å²) in [6, 6.07) is 0. The molecule has 1 aliphatic rings. The highest BCUT2D eigenvalue weighted by atomic mass is 127. The van der Waals surface area contributed by atoms with Crippen LogP contribution < -0.4 is 11.2 Å². The Labute approximate surface area is 135 Å². The van der Waals surface area contributed by atoms with Crippen LogP contribution >= 0.6 is 30.4 Å². The first-order chi connectivity index (χ1) is 10.1. The van der Waals surface area contributed by atoms with E-state index in [1.165, 1.54) is 0 Å². The first-order valence-electron chi connectivity index (χ1n) is 5.79. The largest absolute Gasteiger partial charge is 0.469 e. The Morgan fingerprint density at radius 3 is 2.73 bits per heavy atom. The molecule has 0 spiro atoms. The molecule has 2 rings (SSSR count). The summed E-state index contributed by atoms with van der Waals surface area (Å²) in [5.74, 6) is 0. The van der Waals surface area contributed by atoms with Crippen molar-refractivity contribution >= 4 is 30.4 Å². The van der Waals surface area contributed by atoms with Crippen molar-refractivity contribution in [1.82, 2.24) is 9.55 Å². The number of aromatic amines is 1. The smallest absolute Gasteiger partial charge is 0.387 e. The first kappa shape index (κ1) is 17.7. The fourth-order valence-electron chi connectivity index (χ4n) is 1.89. The zero-order chi connectivity index (χ0) is 16.7. The predicted octanol–water partition coefficient (Wildman–Crippen LogP) is -1.15.